The minimum absolute atomic E-state index is 0. The summed E-state index contributed by atoms with van der Waals surface area (Å²) in [7, 11) is -2.17. The topological polar surface area (TPSA) is 169 Å². The molecule has 0 rings (SSSR count). The fraction of sp³-hybridized carbons (Fsp3) is 0.333. The molecule has 0 aliphatic carbocycles. The van der Waals surface area contributed by atoms with Gasteiger partial charge in [-0.15, -0.1) is 0 Å². The van der Waals surface area contributed by atoms with E-state index in [0.717, 1.165) is 13.8 Å². The van der Waals surface area contributed by atoms with Gasteiger partial charge in [0.15, 0.2) is 0 Å². The van der Waals surface area contributed by atoms with E-state index < -0.39 is 30.8 Å². The fourth-order valence-corrected chi connectivity index (χ4v) is 0. The summed E-state index contributed by atoms with van der Waals surface area (Å²) in [6.07, 6.45) is 0. The average Bonchev–Trinajstić information content (AvgIpc) is 2.03. The second-order valence-corrected chi connectivity index (χ2v) is 2.07. The first-order chi connectivity index (χ1) is 7.02. The number of carbonyl (C=O) groups is 4. The molecule has 0 unspecified atom stereocenters. The van der Waals surface area contributed by atoms with E-state index in [1.165, 1.54) is 0 Å². The van der Waals surface area contributed by atoms with Crippen LogP contribution in [-0.4, -0.2) is 56.1 Å². The van der Waals surface area contributed by atoms with E-state index in [1.54, 1.807) is 0 Å². The van der Waals surface area contributed by atoms with Gasteiger partial charge in [0.1, 0.15) is 0 Å². The van der Waals surface area contributed by atoms with Crippen LogP contribution in [0.3, 0.4) is 0 Å². The van der Waals surface area contributed by atoms with E-state index in [2.05, 4.69) is 0 Å². The number of hydrogen-bond donors (Lipinski definition) is 5. The van der Waals surface area contributed by atoms with E-state index in [9.17, 15) is 19.2 Å². The van der Waals surface area contributed by atoms with Gasteiger partial charge < -0.3 is 26.7 Å². The zero-order valence-corrected chi connectivity index (χ0v) is 12.6. The van der Waals surface area contributed by atoms with Crippen LogP contribution in [0.15, 0.2) is 0 Å². The first-order valence-electron chi connectivity index (χ1n) is 3.54. The number of ketones is 2. The standard InChI is InChI=1S/2C3H4O3.BH3O3.K.H/c2*1-2(4)3(5)6;2-1(3)4;;/h2*1H3,(H,5,6);2-4H;;/q;;;+1;-1. The zero-order chi connectivity index (χ0) is 13.9. The van der Waals surface area contributed by atoms with Gasteiger partial charge in [-0.25, -0.2) is 9.59 Å². The molecule has 0 aliphatic rings. The number of aliphatic carboxylic acids is 2. The van der Waals surface area contributed by atoms with Crippen molar-refractivity contribution in [2.24, 2.45) is 0 Å². The van der Waals surface area contributed by atoms with Gasteiger partial charge in [0.2, 0.25) is 11.6 Å². The Kier molecular flexibility index (Phi) is 23.9. The van der Waals surface area contributed by atoms with E-state index in [1.807, 2.05) is 0 Å². The minimum Gasteiger partial charge on any atom is -1.00 e. The van der Waals surface area contributed by atoms with Gasteiger partial charge in [0.25, 0.3) is 0 Å². The monoisotopic (exact) mass is 278 g/mol. The van der Waals surface area contributed by atoms with Crippen LogP contribution in [0.5, 0.6) is 0 Å². The van der Waals surface area contributed by atoms with Crippen LogP contribution in [0, 0.1) is 0 Å². The predicted molar refractivity (Wildman–Crippen MR) is 50.2 cm³/mol. The van der Waals surface area contributed by atoms with Crippen molar-refractivity contribution >= 4 is 30.8 Å². The summed E-state index contributed by atoms with van der Waals surface area (Å²) in [6, 6.07) is 0. The van der Waals surface area contributed by atoms with E-state index in [4.69, 9.17) is 25.3 Å². The molecule has 0 bridgehead atoms. The Balaban J connectivity index is -0.0000000454. The summed E-state index contributed by atoms with van der Waals surface area (Å²) in [5.41, 5.74) is 0. The smallest absolute Gasteiger partial charge is 1.00 e. The quantitative estimate of drug-likeness (QED) is 0.244. The third-order valence-corrected chi connectivity index (χ3v) is 0.602. The maximum atomic E-state index is 9.54. The summed E-state index contributed by atoms with van der Waals surface area (Å²) in [6.45, 7) is 2.00. The molecule has 0 saturated heterocycles. The average molecular weight is 278 g/mol. The molecule has 94 valence electrons. The van der Waals surface area contributed by atoms with Crippen molar-refractivity contribution in [3.05, 3.63) is 0 Å². The van der Waals surface area contributed by atoms with Crippen molar-refractivity contribution in [2.75, 3.05) is 0 Å². The summed E-state index contributed by atoms with van der Waals surface area (Å²) < 4.78 is 0. The fourth-order valence-electron chi connectivity index (χ4n) is 0. The molecule has 0 aromatic rings. The number of Topliss-reactive ketones (excluding diaryl/α,β-unsaturated/α-hetero) is 2. The molecule has 0 aromatic heterocycles. The van der Waals surface area contributed by atoms with Crippen LogP contribution >= 0.6 is 0 Å². The Labute approximate surface area is 141 Å². The van der Waals surface area contributed by atoms with Gasteiger partial charge in [-0.05, 0) is 0 Å². The van der Waals surface area contributed by atoms with Gasteiger partial charge in [-0.1, -0.05) is 0 Å². The van der Waals surface area contributed by atoms with Gasteiger partial charge >= 0.3 is 70.6 Å². The zero-order valence-electron chi connectivity index (χ0n) is 10.4. The van der Waals surface area contributed by atoms with Crippen molar-refractivity contribution in [1.29, 1.82) is 0 Å². The third kappa shape index (κ3) is 49.3. The molecule has 0 atom stereocenters. The van der Waals surface area contributed by atoms with Crippen LogP contribution in [0.25, 0.3) is 0 Å². The summed E-state index contributed by atoms with van der Waals surface area (Å²) in [5.74, 6) is -4.41. The third-order valence-electron chi connectivity index (χ3n) is 0.602. The first kappa shape index (κ1) is 25.6. The van der Waals surface area contributed by atoms with E-state index in [-0.39, 0.29) is 52.8 Å². The SMILES string of the molecule is CC(=O)C(=O)O.CC(=O)C(=O)O.OB(O)O.[H-].[K+]. The van der Waals surface area contributed by atoms with Gasteiger partial charge in [-0.3, -0.25) is 9.59 Å². The predicted octanol–water partition coefficient (Wildman–Crippen LogP) is -5.62. The molecule has 0 aliphatic heterocycles. The number of rotatable bonds is 2. The molecule has 0 saturated carbocycles. The first-order valence-corrected chi connectivity index (χ1v) is 3.54. The second-order valence-electron chi connectivity index (χ2n) is 2.07. The number of carbonyl (C=O) groups excluding carboxylic acids is 2. The molecule has 11 heteroatoms. The van der Waals surface area contributed by atoms with E-state index in [0.29, 0.717) is 0 Å². The van der Waals surface area contributed by atoms with Gasteiger partial charge in [-0.2, -0.15) is 0 Å². The molecule has 0 fully saturated rings. The Morgan fingerprint density at radius 3 is 0.882 bits per heavy atom. The van der Waals surface area contributed by atoms with Crippen LogP contribution < -0.4 is 51.4 Å². The number of hydrogen-bond acceptors (Lipinski definition) is 7. The van der Waals surface area contributed by atoms with Crippen molar-refractivity contribution in [3.63, 3.8) is 0 Å². The maximum Gasteiger partial charge on any atom is 1.00 e. The van der Waals surface area contributed by atoms with E-state index >= 15 is 0 Å². The van der Waals surface area contributed by atoms with Gasteiger partial charge in [0, 0.05) is 13.8 Å². The van der Waals surface area contributed by atoms with Crippen LogP contribution in [0.4, 0.5) is 0 Å². The molecule has 5 N–H and O–H groups in total. The van der Waals surface area contributed by atoms with Gasteiger partial charge in [0.05, 0.1) is 0 Å². The van der Waals surface area contributed by atoms with Crippen LogP contribution in [0.2, 0.25) is 0 Å². The van der Waals surface area contributed by atoms with Crippen LogP contribution in [0.1, 0.15) is 15.3 Å². The normalized spacial score (nSPS) is 6.88. The Morgan fingerprint density at radius 1 is 0.824 bits per heavy atom. The summed E-state index contributed by atoms with van der Waals surface area (Å²) in [5, 5.41) is 36.8. The molecule has 0 spiro atoms. The molecule has 0 heterocycles. The minimum atomic E-state index is -2.17. The summed E-state index contributed by atoms with van der Waals surface area (Å²) >= 11 is 0. The Hall–Kier alpha value is -0.139. The Morgan fingerprint density at radius 2 is 0.882 bits per heavy atom. The van der Waals surface area contributed by atoms with Crippen LogP contribution in [-0.2, 0) is 19.2 Å². The second kappa shape index (κ2) is 15.9. The van der Waals surface area contributed by atoms with Crippen molar-refractivity contribution in [2.45, 2.75) is 13.8 Å². The van der Waals surface area contributed by atoms with Crippen molar-refractivity contribution in [3.8, 4) is 0 Å². The molecular formula is C6H12BKO9. The number of carboxylic acid groups (broad SMARTS) is 2. The summed E-state index contributed by atoms with van der Waals surface area (Å²) in [4.78, 5) is 37.8. The molecule has 0 amide bonds. The molecule has 17 heavy (non-hydrogen) atoms. The molecule has 0 radical (unpaired) electrons. The van der Waals surface area contributed by atoms with Crippen molar-refractivity contribution < 1.29 is 97.3 Å². The maximum absolute atomic E-state index is 9.54. The molecule has 9 nitrogen and oxygen atoms in total. The largest absolute Gasteiger partial charge is 1.00 e. The van der Waals surface area contributed by atoms with Crippen molar-refractivity contribution in [1.82, 2.24) is 0 Å². The Bertz CT molecular complexity index is 219. The number of carboxylic acids is 2. The molecular weight excluding hydrogens is 266 g/mol. The molecule has 0 aromatic carbocycles.